The van der Waals surface area contributed by atoms with Crippen LogP contribution in [-0.2, 0) is 10.0 Å². The third kappa shape index (κ3) is 6.53. The summed E-state index contributed by atoms with van der Waals surface area (Å²) < 4.78 is 66.9. The number of benzene rings is 1. The molecule has 1 aromatic heterocycles. The Kier molecular flexibility index (Phi) is 6.67. The van der Waals surface area contributed by atoms with Crippen molar-refractivity contribution in [1.82, 2.24) is 14.7 Å². The van der Waals surface area contributed by atoms with Gasteiger partial charge >= 0.3 is 6.36 Å². The van der Waals surface area contributed by atoms with Crippen molar-refractivity contribution in [2.75, 3.05) is 37.4 Å². The topological polar surface area (TPSA) is 96.5 Å². The Labute approximate surface area is 160 Å². The van der Waals surface area contributed by atoms with Gasteiger partial charge in [-0.15, -0.1) is 13.2 Å². The molecule has 0 unspecified atom stereocenters. The van der Waals surface area contributed by atoms with Gasteiger partial charge in [-0.25, -0.2) is 18.1 Å². The van der Waals surface area contributed by atoms with Crippen molar-refractivity contribution in [3.05, 3.63) is 36.0 Å². The molecule has 2 aromatic rings. The summed E-state index contributed by atoms with van der Waals surface area (Å²) in [7, 11) is -0.205. The molecule has 0 saturated heterocycles. The number of ether oxygens (including phenoxy) is 1. The molecule has 12 heteroatoms. The van der Waals surface area contributed by atoms with Crippen LogP contribution < -0.4 is 19.7 Å². The molecule has 154 valence electrons. The second kappa shape index (κ2) is 8.61. The standard InChI is InChI=1S/C16H20F3N5O3S/c1-11-10-14(24(2)3)23-15(22-11)20-8-9-21-28(25,26)13-6-4-12(5-7-13)27-16(17,18)19/h4-7,10,21H,8-9H2,1-3H3,(H,20,22,23). The van der Waals surface area contributed by atoms with Crippen LogP contribution in [0.5, 0.6) is 5.75 Å². The molecule has 0 aliphatic heterocycles. The number of anilines is 2. The molecule has 0 saturated carbocycles. The van der Waals surface area contributed by atoms with Crippen LogP contribution in [0.4, 0.5) is 24.9 Å². The lowest BCUT2D eigenvalue weighted by molar-refractivity contribution is -0.274. The predicted octanol–water partition coefficient (Wildman–Crippen LogP) is 2.14. The van der Waals surface area contributed by atoms with Crippen LogP contribution in [-0.4, -0.2) is 51.9 Å². The van der Waals surface area contributed by atoms with Gasteiger partial charge in [-0.1, -0.05) is 0 Å². The SMILES string of the molecule is Cc1cc(N(C)C)nc(NCCNS(=O)(=O)c2ccc(OC(F)(F)F)cc2)n1. The Bertz CT molecular complexity index is 903. The fourth-order valence-electron chi connectivity index (χ4n) is 2.12. The minimum absolute atomic E-state index is 0.0255. The Balaban J connectivity index is 1.92. The zero-order valence-electron chi connectivity index (χ0n) is 15.4. The van der Waals surface area contributed by atoms with E-state index >= 15 is 0 Å². The van der Waals surface area contributed by atoms with Crippen LogP contribution >= 0.6 is 0 Å². The first-order chi connectivity index (χ1) is 13.0. The van der Waals surface area contributed by atoms with Gasteiger partial charge in [0.15, 0.2) is 0 Å². The van der Waals surface area contributed by atoms with Gasteiger partial charge in [-0.3, -0.25) is 0 Å². The molecule has 0 fully saturated rings. The normalized spacial score (nSPS) is 11.9. The number of aromatic nitrogens is 2. The minimum atomic E-state index is -4.84. The molecule has 0 aliphatic carbocycles. The maximum atomic E-state index is 12.2. The van der Waals surface area contributed by atoms with Crippen molar-refractivity contribution in [2.24, 2.45) is 0 Å². The highest BCUT2D eigenvalue weighted by atomic mass is 32.2. The zero-order chi connectivity index (χ0) is 20.9. The summed E-state index contributed by atoms with van der Waals surface area (Å²) in [4.78, 5) is 10.1. The van der Waals surface area contributed by atoms with Gasteiger partial charge < -0.3 is 15.0 Å². The van der Waals surface area contributed by atoms with Gasteiger partial charge in [-0.2, -0.15) is 4.98 Å². The first-order valence-electron chi connectivity index (χ1n) is 8.09. The van der Waals surface area contributed by atoms with Gasteiger partial charge in [0.05, 0.1) is 4.90 Å². The largest absolute Gasteiger partial charge is 0.573 e. The summed E-state index contributed by atoms with van der Waals surface area (Å²) in [5.74, 6) is 0.565. The maximum Gasteiger partial charge on any atom is 0.573 e. The van der Waals surface area contributed by atoms with E-state index in [0.717, 1.165) is 30.0 Å². The monoisotopic (exact) mass is 419 g/mol. The Morgan fingerprint density at radius 2 is 1.75 bits per heavy atom. The molecule has 0 atom stereocenters. The van der Waals surface area contributed by atoms with Crippen LogP contribution in [0.25, 0.3) is 0 Å². The molecule has 2 rings (SSSR count). The lowest BCUT2D eigenvalue weighted by atomic mass is 10.3. The van der Waals surface area contributed by atoms with Crippen molar-refractivity contribution in [3.8, 4) is 5.75 Å². The number of nitrogens with one attached hydrogen (secondary N) is 2. The smallest absolute Gasteiger partial charge is 0.406 e. The predicted molar refractivity (Wildman–Crippen MR) is 97.9 cm³/mol. The zero-order valence-corrected chi connectivity index (χ0v) is 16.2. The molecule has 2 N–H and O–H groups in total. The molecule has 0 aliphatic rings. The summed E-state index contributed by atoms with van der Waals surface area (Å²) in [6, 6.07) is 5.74. The van der Waals surface area contributed by atoms with Gasteiger partial charge in [0.1, 0.15) is 11.6 Å². The average molecular weight is 419 g/mol. The third-order valence-electron chi connectivity index (χ3n) is 3.37. The van der Waals surface area contributed by atoms with Gasteiger partial charge in [0.2, 0.25) is 16.0 Å². The van der Waals surface area contributed by atoms with E-state index in [1.807, 2.05) is 25.9 Å². The minimum Gasteiger partial charge on any atom is -0.406 e. The number of hydrogen-bond acceptors (Lipinski definition) is 7. The fourth-order valence-corrected chi connectivity index (χ4v) is 3.16. The molecular formula is C16H20F3N5O3S. The average Bonchev–Trinajstić information content (AvgIpc) is 2.57. The highest BCUT2D eigenvalue weighted by Crippen LogP contribution is 2.23. The lowest BCUT2D eigenvalue weighted by Crippen LogP contribution is -2.29. The first kappa shape index (κ1) is 21.7. The van der Waals surface area contributed by atoms with Crippen LogP contribution in [0.2, 0.25) is 0 Å². The van der Waals surface area contributed by atoms with E-state index in [-0.39, 0.29) is 18.0 Å². The van der Waals surface area contributed by atoms with E-state index in [9.17, 15) is 21.6 Å². The number of nitrogens with zero attached hydrogens (tertiary/aromatic N) is 3. The van der Waals surface area contributed by atoms with Gasteiger partial charge in [-0.05, 0) is 31.2 Å². The van der Waals surface area contributed by atoms with Crippen molar-refractivity contribution in [1.29, 1.82) is 0 Å². The van der Waals surface area contributed by atoms with Crippen molar-refractivity contribution in [2.45, 2.75) is 18.2 Å². The first-order valence-corrected chi connectivity index (χ1v) is 9.57. The highest BCUT2D eigenvalue weighted by molar-refractivity contribution is 7.89. The Hall–Kier alpha value is -2.60. The fraction of sp³-hybridized carbons (Fsp3) is 0.375. The van der Waals surface area contributed by atoms with E-state index in [2.05, 4.69) is 24.7 Å². The van der Waals surface area contributed by atoms with E-state index in [4.69, 9.17) is 0 Å². The van der Waals surface area contributed by atoms with Gasteiger partial charge in [0.25, 0.3) is 0 Å². The molecule has 1 aromatic carbocycles. The summed E-state index contributed by atoms with van der Waals surface area (Å²) in [5, 5.41) is 2.92. The van der Waals surface area contributed by atoms with Crippen molar-refractivity contribution >= 4 is 21.8 Å². The molecule has 0 bridgehead atoms. The molecular weight excluding hydrogens is 399 g/mol. The van der Waals surface area contributed by atoms with Crippen LogP contribution in [0.1, 0.15) is 5.69 Å². The van der Waals surface area contributed by atoms with E-state index in [0.29, 0.717) is 11.8 Å². The second-order valence-electron chi connectivity index (χ2n) is 5.93. The van der Waals surface area contributed by atoms with Crippen LogP contribution in [0.3, 0.4) is 0 Å². The number of aryl methyl sites for hydroxylation is 1. The molecule has 0 radical (unpaired) electrons. The van der Waals surface area contributed by atoms with Crippen molar-refractivity contribution in [3.63, 3.8) is 0 Å². The van der Waals surface area contributed by atoms with E-state index in [1.165, 1.54) is 0 Å². The number of hydrogen-bond donors (Lipinski definition) is 2. The second-order valence-corrected chi connectivity index (χ2v) is 7.70. The quantitative estimate of drug-likeness (QED) is 0.633. The summed E-state index contributed by atoms with van der Waals surface area (Å²) in [6.07, 6.45) is -4.84. The lowest BCUT2D eigenvalue weighted by Gasteiger charge is -2.14. The van der Waals surface area contributed by atoms with Crippen LogP contribution in [0, 0.1) is 6.92 Å². The summed E-state index contributed by atoms with van der Waals surface area (Å²) in [6.45, 7) is 2.05. The number of alkyl halides is 3. The molecule has 1 heterocycles. The summed E-state index contributed by atoms with van der Waals surface area (Å²) >= 11 is 0. The van der Waals surface area contributed by atoms with Crippen LogP contribution in [0.15, 0.2) is 35.2 Å². The molecule has 0 amide bonds. The molecule has 28 heavy (non-hydrogen) atoms. The number of sulfonamides is 1. The Morgan fingerprint density at radius 3 is 2.32 bits per heavy atom. The number of halogens is 3. The van der Waals surface area contributed by atoms with Crippen molar-refractivity contribution < 1.29 is 26.3 Å². The molecule has 8 nitrogen and oxygen atoms in total. The maximum absolute atomic E-state index is 12.2. The summed E-state index contributed by atoms with van der Waals surface area (Å²) in [5.41, 5.74) is 0.753. The Morgan fingerprint density at radius 1 is 1.11 bits per heavy atom. The third-order valence-corrected chi connectivity index (χ3v) is 4.84. The number of rotatable bonds is 8. The van der Waals surface area contributed by atoms with Gasteiger partial charge in [0, 0.05) is 38.9 Å². The van der Waals surface area contributed by atoms with E-state index in [1.54, 1.807) is 6.07 Å². The van der Waals surface area contributed by atoms with E-state index < -0.39 is 22.1 Å². The molecule has 0 spiro atoms. The highest BCUT2D eigenvalue weighted by Gasteiger charge is 2.31.